The second-order valence-corrected chi connectivity index (χ2v) is 10.2. The fraction of sp³-hybridized carbons (Fsp3) is 0.318. The predicted octanol–water partition coefficient (Wildman–Crippen LogP) is 5.45. The van der Waals surface area contributed by atoms with Crippen LogP contribution in [0.1, 0.15) is 43.1 Å². The summed E-state index contributed by atoms with van der Waals surface area (Å²) >= 11 is 6.34. The normalized spacial score (nSPS) is 12.2. The summed E-state index contributed by atoms with van der Waals surface area (Å²) < 4.78 is 2.41. The summed E-state index contributed by atoms with van der Waals surface area (Å²) in [6.07, 6.45) is 3.47. The minimum atomic E-state index is -0.698. The molecule has 0 spiro atoms. The van der Waals surface area contributed by atoms with E-state index in [4.69, 9.17) is 0 Å². The Bertz CT molecular complexity index is 1330. The molecule has 0 aliphatic rings. The van der Waals surface area contributed by atoms with E-state index in [0.29, 0.717) is 21.8 Å². The first-order valence-corrected chi connectivity index (χ1v) is 12.8. The summed E-state index contributed by atoms with van der Waals surface area (Å²) in [7, 11) is 0. The third-order valence-electron chi connectivity index (χ3n) is 5.19. The van der Waals surface area contributed by atoms with Crippen molar-refractivity contribution < 1.29 is 4.79 Å². The van der Waals surface area contributed by atoms with Crippen LogP contribution in [-0.4, -0.2) is 25.7 Å². The van der Waals surface area contributed by atoms with Crippen LogP contribution in [0, 0.1) is 0 Å². The van der Waals surface area contributed by atoms with E-state index in [0.717, 1.165) is 38.3 Å². The highest BCUT2D eigenvalue weighted by Crippen LogP contribution is 2.37. The molecule has 0 radical (unpaired) electrons. The van der Waals surface area contributed by atoms with E-state index in [1.807, 2.05) is 38.1 Å². The van der Waals surface area contributed by atoms with E-state index in [9.17, 15) is 9.59 Å². The molecule has 0 bridgehead atoms. The smallest absolute Gasteiger partial charge is 0.263 e. The lowest BCUT2D eigenvalue weighted by Crippen LogP contribution is -2.33. The molecule has 10 heteroatoms. The third-order valence-corrected chi connectivity index (χ3v) is 7.94. The molecule has 1 N–H and O–H groups in total. The number of thiophene rings is 1. The zero-order valence-corrected chi connectivity index (χ0v) is 21.1. The van der Waals surface area contributed by atoms with Gasteiger partial charge in [-0.05, 0) is 37.0 Å². The Labute approximate surface area is 201 Å². The second-order valence-electron chi connectivity index (χ2n) is 7.17. The van der Waals surface area contributed by atoms with E-state index >= 15 is 0 Å². The number of hydrogen-bond acceptors (Lipinski definition) is 7. The van der Waals surface area contributed by atoms with Gasteiger partial charge in [0.15, 0.2) is 0 Å². The van der Waals surface area contributed by atoms with Gasteiger partial charge >= 0.3 is 0 Å². The maximum atomic E-state index is 13.6. The number of halogens is 1. The van der Waals surface area contributed by atoms with Crippen LogP contribution in [0.3, 0.4) is 0 Å². The highest BCUT2D eigenvalue weighted by atomic mass is 79.9. The lowest BCUT2D eigenvalue weighted by molar-refractivity contribution is -0.119. The first-order valence-electron chi connectivity index (χ1n) is 10.4. The first kappa shape index (κ1) is 22.8. The molecule has 0 saturated carbocycles. The SMILES string of the molecule is CCc1nnc(NC(=O)C(CC)n2cnc3sc(CC)c(-c4ccc(Br)cc4)c3c2=O)s1. The zero-order valence-electron chi connectivity index (χ0n) is 17.9. The molecule has 0 aliphatic heterocycles. The summed E-state index contributed by atoms with van der Waals surface area (Å²) in [5.74, 6) is -0.300. The molecule has 0 fully saturated rings. The second kappa shape index (κ2) is 9.60. The Balaban J connectivity index is 1.79. The fourth-order valence-corrected chi connectivity index (χ4v) is 5.63. The van der Waals surface area contributed by atoms with Crippen LogP contribution in [-0.2, 0) is 17.6 Å². The quantitative estimate of drug-likeness (QED) is 0.342. The number of hydrogen-bond donors (Lipinski definition) is 1. The standard InChI is InChI=1S/C22H22BrN5O2S2/c1-4-14(19(29)25-22-27-26-16(6-3)32-22)28-11-24-20-18(21(28)30)17(15(5-2)31-20)12-7-9-13(23)10-8-12/h7-11,14H,4-6H2,1-3H3,(H,25,27,29). The number of carbonyl (C=O) groups excluding carboxylic acids is 1. The van der Waals surface area contributed by atoms with Gasteiger partial charge in [0.05, 0.1) is 11.7 Å². The number of aryl methyl sites for hydroxylation is 2. The third kappa shape index (κ3) is 4.26. The summed E-state index contributed by atoms with van der Waals surface area (Å²) in [5.41, 5.74) is 1.66. The molecule has 0 aliphatic carbocycles. The Kier molecular flexibility index (Phi) is 6.82. The van der Waals surface area contributed by atoms with E-state index in [1.54, 1.807) is 0 Å². The minimum absolute atomic E-state index is 0.211. The number of rotatable bonds is 7. The van der Waals surface area contributed by atoms with E-state index in [-0.39, 0.29) is 11.5 Å². The minimum Gasteiger partial charge on any atom is -0.299 e. The lowest BCUT2D eigenvalue weighted by atomic mass is 10.0. The van der Waals surface area contributed by atoms with Gasteiger partial charge in [-0.3, -0.25) is 19.5 Å². The van der Waals surface area contributed by atoms with Gasteiger partial charge in [0.1, 0.15) is 15.9 Å². The Morgan fingerprint density at radius 2 is 1.88 bits per heavy atom. The number of fused-ring (bicyclic) bond motifs is 1. The van der Waals surface area contributed by atoms with Crippen LogP contribution in [0.2, 0.25) is 0 Å². The van der Waals surface area contributed by atoms with Crippen LogP contribution in [0.5, 0.6) is 0 Å². The maximum absolute atomic E-state index is 13.6. The van der Waals surface area contributed by atoms with Gasteiger partial charge in [-0.25, -0.2) is 4.98 Å². The van der Waals surface area contributed by atoms with Crippen molar-refractivity contribution in [3.05, 3.63) is 55.3 Å². The zero-order chi connectivity index (χ0) is 22.8. The van der Waals surface area contributed by atoms with E-state index in [2.05, 4.69) is 43.4 Å². The van der Waals surface area contributed by atoms with Crippen LogP contribution in [0.4, 0.5) is 5.13 Å². The number of benzene rings is 1. The Morgan fingerprint density at radius 3 is 2.50 bits per heavy atom. The molecule has 1 amide bonds. The van der Waals surface area contributed by atoms with Gasteiger partial charge in [-0.2, -0.15) is 0 Å². The van der Waals surface area contributed by atoms with Gasteiger partial charge in [0, 0.05) is 14.9 Å². The molecular weight excluding hydrogens is 510 g/mol. The number of amides is 1. The van der Waals surface area contributed by atoms with Gasteiger partial charge in [-0.15, -0.1) is 21.5 Å². The molecule has 7 nitrogen and oxygen atoms in total. The molecule has 32 heavy (non-hydrogen) atoms. The molecule has 0 saturated heterocycles. The fourth-order valence-electron chi connectivity index (χ4n) is 3.59. The van der Waals surface area contributed by atoms with Crippen LogP contribution < -0.4 is 10.9 Å². The molecule has 166 valence electrons. The Morgan fingerprint density at radius 1 is 1.12 bits per heavy atom. The largest absolute Gasteiger partial charge is 0.299 e. The van der Waals surface area contributed by atoms with Crippen molar-refractivity contribution in [1.82, 2.24) is 19.7 Å². The van der Waals surface area contributed by atoms with Crippen LogP contribution >= 0.6 is 38.6 Å². The van der Waals surface area contributed by atoms with Crippen molar-refractivity contribution in [1.29, 1.82) is 0 Å². The van der Waals surface area contributed by atoms with Gasteiger partial charge in [0.2, 0.25) is 11.0 Å². The molecular formula is C22H22BrN5O2S2. The topological polar surface area (TPSA) is 89.8 Å². The molecule has 1 unspecified atom stereocenters. The number of anilines is 1. The highest BCUT2D eigenvalue weighted by molar-refractivity contribution is 9.10. The lowest BCUT2D eigenvalue weighted by Gasteiger charge is -2.16. The molecule has 1 atom stereocenters. The summed E-state index contributed by atoms with van der Waals surface area (Å²) in [6, 6.07) is 7.21. The van der Waals surface area contributed by atoms with Crippen molar-refractivity contribution in [3.63, 3.8) is 0 Å². The first-order chi connectivity index (χ1) is 15.5. The molecule has 3 aromatic heterocycles. The number of aromatic nitrogens is 4. The summed E-state index contributed by atoms with van der Waals surface area (Å²) in [6.45, 7) is 5.93. The van der Waals surface area contributed by atoms with Crippen molar-refractivity contribution in [2.75, 3.05) is 5.32 Å². The highest BCUT2D eigenvalue weighted by Gasteiger charge is 2.25. The predicted molar refractivity (Wildman–Crippen MR) is 134 cm³/mol. The average molecular weight is 532 g/mol. The van der Waals surface area contributed by atoms with E-state index in [1.165, 1.54) is 33.6 Å². The van der Waals surface area contributed by atoms with Crippen LogP contribution in [0.15, 0.2) is 39.9 Å². The van der Waals surface area contributed by atoms with Gasteiger partial charge < -0.3 is 0 Å². The average Bonchev–Trinajstić information content (AvgIpc) is 3.40. The molecule has 1 aromatic carbocycles. The summed E-state index contributed by atoms with van der Waals surface area (Å²) in [4.78, 5) is 33.0. The van der Waals surface area contributed by atoms with Gasteiger partial charge in [-0.1, -0.05) is 60.2 Å². The number of nitrogens with one attached hydrogen (secondary N) is 1. The molecule has 4 aromatic rings. The summed E-state index contributed by atoms with van der Waals surface area (Å²) in [5, 5.41) is 12.7. The number of nitrogens with zero attached hydrogens (tertiary/aromatic N) is 4. The molecule has 4 rings (SSSR count). The monoisotopic (exact) mass is 531 g/mol. The van der Waals surface area contributed by atoms with Crippen molar-refractivity contribution in [3.8, 4) is 11.1 Å². The van der Waals surface area contributed by atoms with E-state index < -0.39 is 6.04 Å². The maximum Gasteiger partial charge on any atom is 0.263 e. The molecule has 3 heterocycles. The van der Waals surface area contributed by atoms with Crippen molar-refractivity contribution >= 4 is 59.9 Å². The number of carbonyl (C=O) groups is 1. The van der Waals surface area contributed by atoms with Crippen molar-refractivity contribution in [2.24, 2.45) is 0 Å². The Hall–Kier alpha value is -2.43. The van der Waals surface area contributed by atoms with Crippen molar-refractivity contribution in [2.45, 2.75) is 46.1 Å². The van der Waals surface area contributed by atoms with Gasteiger partial charge in [0.25, 0.3) is 5.56 Å². The van der Waals surface area contributed by atoms with Crippen LogP contribution in [0.25, 0.3) is 21.3 Å².